The highest BCUT2D eigenvalue weighted by Gasteiger charge is 2.11. The van der Waals surface area contributed by atoms with E-state index in [-0.39, 0.29) is 6.04 Å². The Kier molecular flexibility index (Phi) is 2.21. The fourth-order valence-corrected chi connectivity index (χ4v) is 1.85. The van der Waals surface area contributed by atoms with E-state index >= 15 is 0 Å². The topological polar surface area (TPSA) is 50.9 Å². The molecule has 1 aliphatic rings. The van der Waals surface area contributed by atoms with Crippen LogP contribution in [0, 0.1) is 0 Å². The summed E-state index contributed by atoms with van der Waals surface area (Å²) >= 11 is 1.48. The van der Waals surface area contributed by atoms with Crippen molar-refractivity contribution < 1.29 is 0 Å². The fourth-order valence-electron chi connectivity index (χ4n) is 1.30. The summed E-state index contributed by atoms with van der Waals surface area (Å²) in [7, 11) is 0. The van der Waals surface area contributed by atoms with Gasteiger partial charge in [-0.2, -0.15) is 4.37 Å². The quantitative estimate of drug-likeness (QED) is 0.661. The summed E-state index contributed by atoms with van der Waals surface area (Å²) in [4.78, 5) is 0. The molecule has 1 unspecified atom stereocenters. The van der Waals surface area contributed by atoms with Crippen molar-refractivity contribution in [2.24, 2.45) is 5.73 Å². The van der Waals surface area contributed by atoms with Crippen LogP contribution in [-0.2, 0) is 0 Å². The Bertz CT molecular complexity index is 279. The van der Waals surface area contributed by atoms with Crippen LogP contribution in [0.4, 0.5) is 0 Å². The van der Waals surface area contributed by atoms with E-state index in [1.54, 1.807) is 0 Å². The van der Waals surface area contributed by atoms with Crippen molar-refractivity contribution in [3.8, 4) is 0 Å². The van der Waals surface area contributed by atoms with Gasteiger partial charge in [0, 0.05) is 24.5 Å². The SMILES string of the molecule is NC1C=C(c2ccsn2)CNC1. The first-order chi connectivity index (χ1) is 5.86. The van der Waals surface area contributed by atoms with E-state index in [0.717, 1.165) is 18.8 Å². The minimum atomic E-state index is 0.135. The molecule has 1 aromatic rings. The second kappa shape index (κ2) is 3.35. The first-order valence-electron chi connectivity index (χ1n) is 3.94. The number of nitrogens with one attached hydrogen (secondary N) is 1. The van der Waals surface area contributed by atoms with Crippen molar-refractivity contribution in [3.05, 3.63) is 23.2 Å². The molecular weight excluding hydrogens is 170 g/mol. The van der Waals surface area contributed by atoms with E-state index in [1.807, 2.05) is 11.4 Å². The number of aromatic nitrogens is 1. The molecule has 3 N–H and O–H groups in total. The maximum Gasteiger partial charge on any atom is 0.0810 e. The van der Waals surface area contributed by atoms with Crippen LogP contribution >= 0.6 is 11.5 Å². The van der Waals surface area contributed by atoms with E-state index in [9.17, 15) is 0 Å². The van der Waals surface area contributed by atoms with Gasteiger partial charge in [0.05, 0.1) is 5.69 Å². The van der Waals surface area contributed by atoms with Crippen molar-refractivity contribution in [2.45, 2.75) is 6.04 Å². The highest BCUT2D eigenvalue weighted by atomic mass is 32.1. The van der Waals surface area contributed by atoms with Gasteiger partial charge in [0.15, 0.2) is 0 Å². The van der Waals surface area contributed by atoms with Crippen molar-refractivity contribution in [2.75, 3.05) is 13.1 Å². The summed E-state index contributed by atoms with van der Waals surface area (Å²) < 4.78 is 4.25. The third kappa shape index (κ3) is 1.55. The lowest BCUT2D eigenvalue weighted by atomic mass is 10.1. The molecule has 64 valence electrons. The Hall–Kier alpha value is -0.710. The summed E-state index contributed by atoms with van der Waals surface area (Å²) in [5, 5.41) is 5.23. The maximum atomic E-state index is 5.77. The van der Waals surface area contributed by atoms with Gasteiger partial charge in [0.25, 0.3) is 0 Å². The van der Waals surface area contributed by atoms with Crippen LogP contribution in [0.2, 0.25) is 0 Å². The second-order valence-corrected chi connectivity index (χ2v) is 3.54. The molecule has 1 aliphatic heterocycles. The van der Waals surface area contributed by atoms with Gasteiger partial charge in [0.1, 0.15) is 0 Å². The zero-order valence-corrected chi connectivity index (χ0v) is 7.47. The van der Waals surface area contributed by atoms with E-state index in [0.29, 0.717) is 0 Å². The summed E-state index contributed by atoms with van der Waals surface area (Å²) in [6.45, 7) is 1.76. The molecular formula is C8H11N3S. The van der Waals surface area contributed by atoms with Crippen LogP contribution in [0.15, 0.2) is 17.5 Å². The van der Waals surface area contributed by atoms with Crippen molar-refractivity contribution in [1.29, 1.82) is 0 Å². The Labute approximate surface area is 75.5 Å². The Morgan fingerprint density at radius 1 is 1.67 bits per heavy atom. The van der Waals surface area contributed by atoms with Crippen molar-refractivity contribution >= 4 is 17.1 Å². The monoisotopic (exact) mass is 181 g/mol. The Morgan fingerprint density at radius 2 is 2.58 bits per heavy atom. The third-order valence-electron chi connectivity index (χ3n) is 1.88. The van der Waals surface area contributed by atoms with Gasteiger partial charge in [-0.3, -0.25) is 0 Å². The second-order valence-electron chi connectivity index (χ2n) is 2.87. The summed E-state index contributed by atoms with van der Waals surface area (Å²) in [6.07, 6.45) is 2.09. The molecule has 0 amide bonds. The molecule has 1 atom stereocenters. The normalized spacial score (nSPS) is 23.8. The number of nitrogens with two attached hydrogens (primary N) is 1. The molecule has 0 aromatic carbocycles. The van der Waals surface area contributed by atoms with Gasteiger partial charge in [-0.15, -0.1) is 0 Å². The zero-order chi connectivity index (χ0) is 8.39. The van der Waals surface area contributed by atoms with Gasteiger partial charge in [-0.1, -0.05) is 6.08 Å². The molecule has 0 bridgehead atoms. The number of rotatable bonds is 1. The van der Waals surface area contributed by atoms with Crippen LogP contribution in [-0.4, -0.2) is 23.5 Å². The van der Waals surface area contributed by atoms with E-state index < -0.39 is 0 Å². The van der Waals surface area contributed by atoms with Crippen molar-refractivity contribution in [1.82, 2.24) is 9.69 Å². The minimum absolute atomic E-state index is 0.135. The molecule has 0 aliphatic carbocycles. The van der Waals surface area contributed by atoms with Crippen molar-refractivity contribution in [3.63, 3.8) is 0 Å². The lowest BCUT2D eigenvalue weighted by Crippen LogP contribution is -2.37. The molecule has 0 radical (unpaired) electrons. The van der Waals surface area contributed by atoms with Crippen LogP contribution in [0.25, 0.3) is 5.57 Å². The van der Waals surface area contributed by atoms with Gasteiger partial charge >= 0.3 is 0 Å². The number of hydrogen-bond donors (Lipinski definition) is 2. The molecule has 3 nitrogen and oxygen atoms in total. The average molecular weight is 181 g/mol. The first-order valence-corrected chi connectivity index (χ1v) is 4.77. The highest BCUT2D eigenvalue weighted by Crippen LogP contribution is 2.15. The summed E-state index contributed by atoms with van der Waals surface area (Å²) in [5.74, 6) is 0. The van der Waals surface area contributed by atoms with Crippen LogP contribution in [0.1, 0.15) is 5.69 Å². The Morgan fingerprint density at radius 3 is 3.25 bits per heavy atom. The Balaban J connectivity index is 2.23. The molecule has 0 saturated heterocycles. The lowest BCUT2D eigenvalue weighted by Gasteiger charge is -2.17. The molecule has 0 fully saturated rings. The van der Waals surface area contributed by atoms with E-state index in [2.05, 4.69) is 15.8 Å². The largest absolute Gasteiger partial charge is 0.323 e. The fraction of sp³-hybridized carbons (Fsp3) is 0.375. The van der Waals surface area contributed by atoms with Gasteiger partial charge < -0.3 is 11.1 Å². The highest BCUT2D eigenvalue weighted by molar-refractivity contribution is 7.03. The van der Waals surface area contributed by atoms with Crippen LogP contribution < -0.4 is 11.1 Å². The van der Waals surface area contributed by atoms with Gasteiger partial charge in [-0.25, -0.2) is 0 Å². The van der Waals surface area contributed by atoms with Crippen LogP contribution in [0.3, 0.4) is 0 Å². The minimum Gasteiger partial charge on any atom is -0.323 e. The van der Waals surface area contributed by atoms with Gasteiger partial charge in [-0.05, 0) is 23.2 Å². The summed E-state index contributed by atoms with van der Waals surface area (Å²) in [6, 6.07) is 2.16. The predicted molar refractivity (Wildman–Crippen MR) is 50.9 cm³/mol. The number of nitrogens with zero attached hydrogens (tertiary/aromatic N) is 1. The standard InChI is InChI=1S/C8H11N3S/c9-7-3-6(4-10-5-7)8-1-2-12-11-8/h1-3,7,10H,4-5,9H2. The molecule has 1 aromatic heterocycles. The summed E-state index contributed by atoms with van der Waals surface area (Å²) in [5.41, 5.74) is 8.04. The third-order valence-corrected chi connectivity index (χ3v) is 2.44. The van der Waals surface area contributed by atoms with Crippen LogP contribution in [0.5, 0.6) is 0 Å². The van der Waals surface area contributed by atoms with Gasteiger partial charge in [0.2, 0.25) is 0 Å². The maximum absolute atomic E-state index is 5.77. The van der Waals surface area contributed by atoms with E-state index in [4.69, 9.17) is 5.73 Å². The zero-order valence-electron chi connectivity index (χ0n) is 6.66. The molecule has 2 heterocycles. The average Bonchev–Trinajstić information content (AvgIpc) is 2.56. The molecule has 0 saturated carbocycles. The smallest absolute Gasteiger partial charge is 0.0810 e. The first kappa shape index (κ1) is 7.91. The molecule has 2 rings (SSSR count). The lowest BCUT2D eigenvalue weighted by molar-refractivity contribution is 0.662. The molecule has 12 heavy (non-hydrogen) atoms. The molecule has 4 heteroatoms. The molecule has 0 spiro atoms. The predicted octanol–water partition coefficient (Wildman–Crippen LogP) is 0.457. The van der Waals surface area contributed by atoms with E-state index in [1.165, 1.54) is 17.1 Å². The number of hydrogen-bond acceptors (Lipinski definition) is 4.